The topological polar surface area (TPSA) is 107 Å². The lowest BCUT2D eigenvalue weighted by atomic mass is 10.0. The summed E-state index contributed by atoms with van der Waals surface area (Å²) < 4.78 is 39.2. The normalized spacial score (nSPS) is 14.5. The number of nitrogens with zero attached hydrogens (tertiary/aromatic N) is 4. The smallest absolute Gasteiger partial charge is 0.271 e. The van der Waals surface area contributed by atoms with Crippen LogP contribution in [0.15, 0.2) is 40.3 Å². The second-order valence-corrected chi connectivity index (χ2v) is 9.65. The minimum Gasteiger partial charge on any atom is -0.480 e. The summed E-state index contributed by atoms with van der Waals surface area (Å²) in [4.78, 5) is 15.5. The number of aryl methyl sites for hydroxylation is 1. The number of nitrogens with one attached hydrogen (secondary N) is 1. The molecule has 0 unspecified atom stereocenters. The summed E-state index contributed by atoms with van der Waals surface area (Å²) in [7, 11) is -2.31. The number of anilines is 2. The molecule has 1 aliphatic heterocycles. The van der Waals surface area contributed by atoms with E-state index in [9.17, 15) is 8.42 Å². The number of ether oxygens (including phenoxy) is 2. The Hall–Kier alpha value is -2.76. The molecule has 3 aromatic heterocycles. The molecule has 3 aromatic rings. The maximum absolute atomic E-state index is 12.8. The van der Waals surface area contributed by atoms with Crippen LogP contribution in [-0.2, 0) is 21.2 Å². The van der Waals surface area contributed by atoms with Crippen molar-refractivity contribution in [1.29, 1.82) is 0 Å². The Morgan fingerprint density at radius 3 is 2.74 bits per heavy atom. The Kier molecular flexibility index (Phi) is 6.35. The van der Waals surface area contributed by atoms with Crippen molar-refractivity contribution in [2.45, 2.75) is 17.6 Å². The summed E-state index contributed by atoms with van der Waals surface area (Å²) in [5.41, 5.74) is 2.66. The van der Waals surface area contributed by atoms with Gasteiger partial charge in [-0.2, -0.15) is 0 Å². The van der Waals surface area contributed by atoms with Gasteiger partial charge in [0.1, 0.15) is 22.0 Å². The van der Waals surface area contributed by atoms with Gasteiger partial charge < -0.3 is 14.4 Å². The lowest BCUT2D eigenvalue weighted by Crippen LogP contribution is -2.37. The molecule has 1 saturated heterocycles. The fourth-order valence-electron chi connectivity index (χ4n) is 3.43. The van der Waals surface area contributed by atoms with Crippen LogP contribution in [0.25, 0.3) is 11.1 Å². The van der Waals surface area contributed by atoms with Gasteiger partial charge in [0, 0.05) is 30.4 Å². The SMILES string of the molecule is CCc1ncnc(N2CCOCC2)c1-c1cnc(OC)c(NS(=O)(=O)c2cccs2)c1. The summed E-state index contributed by atoms with van der Waals surface area (Å²) >= 11 is 1.14. The number of thiophene rings is 1. The number of rotatable bonds is 7. The van der Waals surface area contributed by atoms with Crippen molar-refractivity contribution in [1.82, 2.24) is 15.0 Å². The van der Waals surface area contributed by atoms with Gasteiger partial charge in [-0.3, -0.25) is 4.72 Å². The molecule has 164 valence electrons. The second-order valence-electron chi connectivity index (χ2n) is 6.79. The van der Waals surface area contributed by atoms with Crippen molar-refractivity contribution < 1.29 is 17.9 Å². The quantitative estimate of drug-likeness (QED) is 0.572. The predicted octanol–water partition coefficient (Wildman–Crippen LogP) is 2.81. The highest BCUT2D eigenvalue weighted by molar-refractivity contribution is 7.94. The van der Waals surface area contributed by atoms with E-state index in [1.165, 1.54) is 7.11 Å². The van der Waals surface area contributed by atoms with Crippen LogP contribution in [0.5, 0.6) is 5.88 Å². The second kappa shape index (κ2) is 9.16. The van der Waals surface area contributed by atoms with E-state index < -0.39 is 10.0 Å². The molecule has 0 atom stereocenters. The van der Waals surface area contributed by atoms with Crippen LogP contribution in [0.2, 0.25) is 0 Å². The van der Waals surface area contributed by atoms with Crippen LogP contribution in [0, 0.1) is 0 Å². The number of sulfonamides is 1. The van der Waals surface area contributed by atoms with Gasteiger partial charge in [-0.1, -0.05) is 13.0 Å². The standard InChI is InChI=1S/C20H23N5O4S2/c1-3-15-18(19(23-13-22-15)25-6-8-29-9-7-25)14-11-16(20(28-2)21-12-14)24-31(26,27)17-5-4-10-30-17/h4-5,10-13,24H,3,6-9H2,1-2H3. The van der Waals surface area contributed by atoms with Crippen molar-refractivity contribution in [3.63, 3.8) is 0 Å². The number of pyridine rings is 1. The lowest BCUT2D eigenvalue weighted by Gasteiger charge is -2.30. The van der Waals surface area contributed by atoms with Gasteiger partial charge >= 0.3 is 0 Å². The van der Waals surface area contributed by atoms with Crippen molar-refractivity contribution in [3.05, 3.63) is 41.8 Å². The molecular weight excluding hydrogens is 438 g/mol. The minimum atomic E-state index is -3.76. The van der Waals surface area contributed by atoms with E-state index >= 15 is 0 Å². The highest BCUT2D eigenvalue weighted by atomic mass is 32.2. The lowest BCUT2D eigenvalue weighted by molar-refractivity contribution is 0.122. The van der Waals surface area contributed by atoms with E-state index in [-0.39, 0.29) is 15.8 Å². The first-order chi connectivity index (χ1) is 15.0. The van der Waals surface area contributed by atoms with Crippen LogP contribution < -0.4 is 14.4 Å². The number of hydrogen-bond acceptors (Lipinski definition) is 9. The molecule has 0 bridgehead atoms. The monoisotopic (exact) mass is 461 g/mol. The van der Waals surface area contributed by atoms with Crippen molar-refractivity contribution in [2.75, 3.05) is 43.0 Å². The van der Waals surface area contributed by atoms with Crippen LogP contribution >= 0.6 is 11.3 Å². The summed E-state index contributed by atoms with van der Waals surface area (Å²) in [6.45, 7) is 4.70. The van der Waals surface area contributed by atoms with Crippen LogP contribution in [0.1, 0.15) is 12.6 Å². The molecule has 1 N–H and O–H groups in total. The molecule has 11 heteroatoms. The Labute approximate surface area is 185 Å². The van der Waals surface area contributed by atoms with Crippen molar-refractivity contribution in [3.8, 4) is 17.0 Å². The Balaban J connectivity index is 1.80. The van der Waals surface area contributed by atoms with E-state index in [1.54, 1.807) is 36.1 Å². The third-order valence-electron chi connectivity index (χ3n) is 4.89. The van der Waals surface area contributed by atoms with E-state index in [1.807, 2.05) is 6.92 Å². The van der Waals surface area contributed by atoms with Gasteiger partial charge in [0.15, 0.2) is 0 Å². The first kappa shape index (κ1) is 21.5. The zero-order valence-electron chi connectivity index (χ0n) is 17.2. The molecule has 0 radical (unpaired) electrons. The van der Waals surface area contributed by atoms with Crippen LogP contribution in [0.3, 0.4) is 0 Å². The van der Waals surface area contributed by atoms with Gasteiger partial charge in [0.2, 0.25) is 5.88 Å². The molecule has 31 heavy (non-hydrogen) atoms. The molecule has 4 heterocycles. The third-order valence-corrected chi connectivity index (χ3v) is 7.65. The summed E-state index contributed by atoms with van der Waals surface area (Å²) in [5.74, 6) is 0.973. The number of morpholine rings is 1. The van der Waals surface area contributed by atoms with E-state index in [0.29, 0.717) is 38.3 Å². The highest BCUT2D eigenvalue weighted by Gasteiger charge is 2.23. The van der Waals surface area contributed by atoms with Crippen molar-refractivity contribution in [2.24, 2.45) is 0 Å². The van der Waals surface area contributed by atoms with Crippen LogP contribution in [-0.4, -0.2) is 56.8 Å². The van der Waals surface area contributed by atoms with Gasteiger partial charge in [0.25, 0.3) is 10.0 Å². The summed E-state index contributed by atoms with van der Waals surface area (Å²) in [6, 6.07) is 4.96. The maximum atomic E-state index is 12.8. The molecule has 0 aliphatic carbocycles. The van der Waals surface area contributed by atoms with Crippen molar-refractivity contribution >= 4 is 32.9 Å². The largest absolute Gasteiger partial charge is 0.480 e. The van der Waals surface area contributed by atoms with Gasteiger partial charge in [-0.25, -0.2) is 23.4 Å². The average Bonchev–Trinajstić information content (AvgIpc) is 3.35. The number of hydrogen-bond donors (Lipinski definition) is 1. The molecule has 1 fully saturated rings. The van der Waals surface area contributed by atoms with E-state index in [4.69, 9.17) is 9.47 Å². The first-order valence-corrected chi connectivity index (χ1v) is 12.2. The Morgan fingerprint density at radius 1 is 1.26 bits per heavy atom. The zero-order valence-corrected chi connectivity index (χ0v) is 18.9. The van der Waals surface area contributed by atoms with E-state index in [0.717, 1.165) is 28.4 Å². The Bertz CT molecular complexity index is 1150. The molecule has 0 spiro atoms. The molecule has 4 rings (SSSR count). The van der Waals surface area contributed by atoms with Gasteiger partial charge in [-0.15, -0.1) is 11.3 Å². The zero-order chi connectivity index (χ0) is 21.8. The highest BCUT2D eigenvalue weighted by Crippen LogP contribution is 2.36. The van der Waals surface area contributed by atoms with Crippen LogP contribution in [0.4, 0.5) is 11.5 Å². The fourth-order valence-corrected chi connectivity index (χ4v) is 5.47. The van der Waals surface area contributed by atoms with Gasteiger partial charge in [-0.05, 0) is 23.9 Å². The molecule has 0 aromatic carbocycles. The fraction of sp³-hybridized carbons (Fsp3) is 0.350. The summed E-state index contributed by atoms with van der Waals surface area (Å²) in [6.07, 6.45) is 3.91. The predicted molar refractivity (Wildman–Crippen MR) is 119 cm³/mol. The van der Waals surface area contributed by atoms with Gasteiger partial charge in [0.05, 0.1) is 26.0 Å². The number of aromatic nitrogens is 3. The first-order valence-electron chi connectivity index (χ1n) is 9.80. The third kappa shape index (κ3) is 4.48. The average molecular weight is 462 g/mol. The molecule has 1 aliphatic rings. The Morgan fingerprint density at radius 2 is 2.06 bits per heavy atom. The van der Waals surface area contributed by atoms with E-state index in [2.05, 4.69) is 24.6 Å². The summed E-state index contributed by atoms with van der Waals surface area (Å²) in [5, 5.41) is 1.71. The number of methoxy groups -OCH3 is 1. The molecule has 9 nitrogen and oxygen atoms in total. The molecular formula is C20H23N5O4S2. The minimum absolute atomic E-state index is 0.187. The molecule has 0 amide bonds. The maximum Gasteiger partial charge on any atom is 0.271 e. The molecule has 0 saturated carbocycles.